The van der Waals surface area contributed by atoms with Crippen molar-refractivity contribution in [3.05, 3.63) is 72.0 Å². The van der Waals surface area contributed by atoms with Gasteiger partial charge in [-0.1, -0.05) is 62.4 Å². The molecule has 2 heterocycles. The highest BCUT2D eigenvalue weighted by molar-refractivity contribution is 6.48. The van der Waals surface area contributed by atoms with Crippen molar-refractivity contribution >= 4 is 24.0 Å². The summed E-state index contributed by atoms with van der Waals surface area (Å²) in [5.41, 5.74) is 2.84. The van der Waals surface area contributed by atoms with Gasteiger partial charge in [-0.25, -0.2) is 0 Å². The third-order valence-corrected chi connectivity index (χ3v) is 9.32. The van der Waals surface area contributed by atoms with Crippen molar-refractivity contribution < 1.29 is 18.5 Å². The maximum Gasteiger partial charge on any atom is 0.482 e. The van der Waals surface area contributed by atoms with Crippen molar-refractivity contribution in [2.45, 2.75) is 70.5 Å². The predicted octanol–water partition coefficient (Wildman–Crippen LogP) is 5.53. The standard InChI is InChI=1S/C29H34BNO4/c1-18(19-10-6-5-7-11-19)27(32)31-26(14-20-17-33-23-13-9-8-12-22(20)23)30-34-25-16-21-15-24(28(21,2)3)29(25,4)35-30/h5-13,17-18,21,24-26H,14-16H2,1-4H3,(H,31,32)/t18-,21+,24+,25-,26+,29+/m1/s1. The zero-order valence-electron chi connectivity index (χ0n) is 21.0. The van der Waals surface area contributed by atoms with Gasteiger partial charge in [-0.15, -0.1) is 0 Å². The van der Waals surface area contributed by atoms with Crippen molar-refractivity contribution in [2.24, 2.45) is 17.3 Å². The molecule has 35 heavy (non-hydrogen) atoms. The topological polar surface area (TPSA) is 60.7 Å². The Morgan fingerprint density at radius 3 is 2.60 bits per heavy atom. The van der Waals surface area contributed by atoms with Gasteiger partial charge in [-0.3, -0.25) is 4.79 Å². The summed E-state index contributed by atoms with van der Waals surface area (Å²) in [6.07, 6.45) is 4.66. The van der Waals surface area contributed by atoms with E-state index in [1.54, 1.807) is 6.26 Å². The molecular weight excluding hydrogens is 437 g/mol. The third-order valence-electron chi connectivity index (χ3n) is 9.32. The quantitative estimate of drug-likeness (QED) is 0.481. The van der Waals surface area contributed by atoms with Gasteiger partial charge in [0.05, 0.1) is 29.8 Å². The highest BCUT2D eigenvalue weighted by Crippen LogP contribution is 2.65. The molecule has 5 nitrogen and oxygen atoms in total. The molecule has 4 fully saturated rings. The van der Waals surface area contributed by atoms with Crippen LogP contribution in [0.5, 0.6) is 0 Å². The number of fused-ring (bicyclic) bond motifs is 1. The van der Waals surface area contributed by atoms with E-state index in [1.165, 1.54) is 6.42 Å². The molecule has 3 aromatic rings. The Morgan fingerprint density at radius 2 is 1.83 bits per heavy atom. The minimum Gasteiger partial charge on any atom is -0.464 e. The third kappa shape index (κ3) is 3.65. The van der Waals surface area contributed by atoms with E-state index in [-0.39, 0.29) is 34.9 Å². The number of rotatable bonds is 6. The highest BCUT2D eigenvalue weighted by Gasteiger charge is 2.68. The highest BCUT2D eigenvalue weighted by atomic mass is 16.7. The molecule has 6 heteroatoms. The van der Waals surface area contributed by atoms with Crippen molar-refractivity contribution in [3.63, 3.8) is 0 Å². The number of benzene rings is 2. The van der Waals surface area contributed by atoms with Gasteiger partial charge in [0.25, 0.3) is 0 Å². The van der Waals surface area contributed by atoms with Crippen molar-refractivity contribution in [1.29, 1.82) is 0 Å². The number of furan rings is 1. The molecule has 0 spiro atoms. The van der Waals surface area contributed by atoms with Gasteiger partial charge in [0.15, 0.2) is 0 Å². The van der Waals surface area contributed by atoms with Gasteiger partial charge in [-0.05, 0) is 67.6 Å². The Morgan fingerprint density at radius 1 is 1.09 bits per heavy atom. The van der Waals surface area contributed by atoms with Crippen LogP contribution >= 0.6 is 0 Å². The first-order valence-corrected chi connectivity index (χ1v) is 12.9. The maximum atomic E-state index is 13.4. The first-order chi connectivity index (χ1) is 16.8. The molecular formula is C29H34BNO4. The van der Waals surface area contributed by atoms with Gasteiger partial charge >= 0.3 is 7.12 Å². The Labute approximate surface area is 207 Å². The predicted molar refractivity (Wildman–Crippen MR) is 137 cm³/mol. The second-order valence-corrected chi connectivity index (χ2v) is 11.5. The first-order valence-electron chi connectivity index (χ1n) is 12.9. The molecule has 1 aliphatic heterocycles. The van der Waals surface area contributed by atoms with Crippen molar-refractivity contribution in [1.82, 2.24) is 5.32 Å². The van der Waals surface area contributed by atoms with E-state index < -0.39 is 7.12 Å². The molecule has 2 bridgehead atoms. The average molecular weight is 471 g/mol. The van der Waals surface area contributed by atoms with Crippen LogP contribution in [0.4, 0.5) is 0 Å². The number of carbonyl (C=O) groups excluding carboxylic acids is 1. The molecule has 3 saturated carbocycles. The summed E-state index contributed by atoms with van der Waals surface area (Å²) in [4.78, 5) is 13.4. The molecule has 2 aromatic carbocycles. The molecule has 0 radical (unpaired) electrons. The van der Waals surface area contributed by atoms with Gasteiger partial charge in [0.1, 0.15) is 5.58 Å². The lowest BCUT2D eigenvalue weighted by Gasteiger charge is -2.64. The Kier molecular flexibility index (Phi) is 5.39. The summed E-state index contributed by atoms with van der Waals surface area (Å²) >= 11 is 0. The van der Waals surface area contributed by atoms with E-state index in [9.17, 15) is 4.79 Å². The first kappa shape index (κ1) is 22.9. The zero-order chi connectivity index (χ0) is 24.4. The average Bonchev–Trinajstić information content (AvgIpc) is 3.43. The Balaban J connectivity index is 1.28. The smallest absolute Gasteiger partial charge is 0.464 e. The second-order valence-electron chi connectivity index (χ2n) is 11.5. The fourth-order valence-electron chi connectivity index (χ4n) is 6.91. The number of carbonyl (C=O) groups is 1. The number of para-hydroxylation sites is 1. The van der Waals surface area contributed by atoms with Gasteiger partial charge in [0, 0.05) is 5.39 Å². The van der Waals surface area contributed by atoms with Crippen LogP contribution in [0.3, 0.4) is 0 Å². The van der Waals surface area contributed by atoms with E-state index in [1.807, 2.05) is 55.5 Å². The molecule has 3 aliphatic carbocycles. The molecule has 4 aliphatic rings. The van der Waals surface area contributed by atoms with E-state index >= 15 is 0 Å². The summed E-state index contributed by atoms with van der Waals surface area (Å²) in [5.74, 6) is 0.532. The summed E-state index contributed by atoms with van der Waals surface area (Å²) in [6, 6.07) is 17.9. The second kappa shape index (κ2) is 8.24. The van der Waals surface area contributed by atoms with E-state index in [0.717, 1.165) is 28.5 Å². The molecule has 1 amide bonds. The molecule has 182 valence electrons. The Hall–Kier alpha value is -2.57. The molecule has 1 saturated heterocycles. The zero-order valence-corrected chi connectivity index (χ0v) is 21.0. The SMILES string of the molecule is C[C@@H](C(=O)N[C@@H](Cc1coc2ccccc12)B1O[C@@H]2C[C@@H]3C[C@@H](C3(C)C)[C@]2(C)O1)c1ccccc1. The lowest BCUT2D eigenvalue weighted by Crippen LogP contribution is -2.65. The minimum atomic E-state index is -0.499. The monoisotopic (exact) mass is 471 g/mol. The van der Waals surface area contributed by atoms with Crippen LogP contribution in [0.2, 0.25) is 0 Å². The van der Waals surface area contributed by atoms with Crippen molar-refractivity contribution in [2.75, 3.05) is 0 Å². The maximum absolute atomic E-state index is 13.4. The minimum absolute atomic E-state index is 0.0224. The van der Waals surface area contributed by atoms with Crippen LogP contribution < -0.4 is 5.32 Å². The molecule has 0 unspecified atom stereocenters. The van der Waals surface area contributed by atoms with E-state index in [4.69, 9.17) is 13.7 Å². The van der Waals surface area contributed by atoms with Gasteiger partial charge in [-0.2, -0.15) is 0 Å². The van der Waals surface area contributed by atoms with Crippen LogP contribution in [0.1, 0.15) is 57.6 Å². The summed E-state index contributed by atoms with van der Waals surface area (Å²) < 4.78 is 19.2. The molecule has 6 atom stereocenters. The molecule has 7 rings (SSSR count). The van der Waals surface area contributed by atoms with E-state index in [2.05, 4.69) is 32.2 Å². The number of nitrogens with one attached hydrogen (secondary N) is 1. The van der Waals surface area contributed by atoms with Crippen molar-refractivity contribution in [3.8, 4) is 0 Å². The largest absolute Gasteiger partial charge is 0.482 e. The number of hydrogen-bond acceptors (Lipinski definition) is 4. The lowest BCUT2D eigenvalue weighted by molar-refractivity contribution is -0.199. The lowest BCUT2D eigenvalue weighted by atomic mass is 9.43. The molecule has 1 aromatic heterocycles. The molecule has 1 N–H and O–H groups in total. The Bertz CT molecular complexity index is 1240. The number of hydrogen-bond donors (Lipinski definition) is 1. The normalized spacial score (nSPS) is 30.4. The fraction of sp³-hybridized carbons (Fsp3) is 0.483. The van der Waals surface area contributed by atoms with Gasteiger partial charge < -0.3 is 19.0 Å². The fourth-order valence-corrected chi connectivity index (χ4v) is 6.91. The summed E-state index contributed by atoms with van der Waals surface area (Å²) in [7, 11) is -0.499. The summed E-state index contributed by atoms with van der Waals surface area (Å²) in [5, 5.41) is 4.37. The van der Waals surface area contributed by atoms with Crippen LogP contribution in [0, 0.1) is 17.3 Å². The van der Waals surface area contributed by atoms with Crippen LogP contribution in [-0.4, -0.2) is 30.7 Å². The number of amides is 1. The van der Waals surface area contributed by atoms with Crippen LogP contribution in [-0.2, 0) is 20.5 Å². The van der Waals surface area contributed by atoms with E-state index in [0.29, 0.717) is 18.3 Å². The van der Waals surface area contributed by atoms with Crippen LogP contribution in [0.25, 0.3) is 11.0 Å². The summed E-state index contributed by atoms with van der Waals surface area (Å²) in [6.45, 7) is 8.90. The van der Waals surface area contributed by atoms with Gasteiger partial charge in [0.2, 0.25) is 5.91 Å². The van der Waals surface area contributed by atoms with Crippen LogP contribution in [0.15, 0.2) is 65.3 Å².